The Hall–Kier alpha value is -0.955. The van der Waals surface area contributed by atoms with E-state index in [9.17, 15) is 5.02 Å². The van der Waals surface area contributed by atoms with Crippen molar-refractivity contribution in [1.82, 2.24) is 0 Å². The Balaban J connectivity index is 2.52. The van der Waals surface area contributed by atoms with Gasteiger partial charge in [0.25, 0.3) is 0 Å². The Morgan fingerprint density at radius 1 is 1.45 bits per heavy atom. The number of aryl methyl sites for hydroxylation is 1. The molecule has 56 valence electrons. The van der Waals surface area contributed by atoms with Crippen molar-refractivity contribution < 1.29 is 5.02 Å². The van der Waals surface area contributed by atoms with Crippen molar-refractivity contribution in [3.8, 4) is 0 Å². The molecule has 0 saturated heterocycles. The lowest BCUT2D eigenvalue weighted by molar-refractivity contribution is 0.587. The topological polar surface area (TPSA) is 46.2 Å². The lowest BCUT2D eigenvalue weighted by Crippen LogP contribution is -2.26. The van der Waals surface area contributed by atoms with Crippen molar-refractivity contribution in [2.75, 3.05) is 5.73 Å². The van der Waals surface area contributed by atoms with E-state index < -0.39 is 0 Å². The maximum Gasteiger partial charge on any atom is 0.324 e. The molecule has 0 spiro atoms. The highest BCUT2D eigenvalue weighted by atomic mass is 16.2. The summed E-state index contributed by atoms with van der Waals surface area (Å²) in [5.41, 5.74) is 8.58. The number of anilines is 1. The molecule has 0 unspecified atom stereocenters. The summed E-state index contributed by atoms with van der Waals surface area (Å²) >= 11 is 0. The smallest absolute Gasteiger partial charge is 0.324 e. The van der Waals surface area contributed by atoms with E-state index in [1.54, 1.807) is 0 Å². The quantitative estimate of drug-likeness (QED) is 0.401. The van der Waals surface area contributed by atoms with Crippen LogP contribution in [0.3, 0.4) is 0 Å². The highest BCUT2D eigenvalue weighted by Crippen LogP contribution is 2.14. The van der Waals surface area contributed by atoms with Crippen molar-refractivity contribution in [3.63, 3.8) is 0 Å². The Labute approximate surface area is 66.1 Å². The standard InChI is InChI=1S/C8H10BNO/c10-7-2-1-6-3-4-9(11)8(6)5-7/h1-2,5,11H,3-4,10H2. The molecule has 0 atom stereocenters. The van der Waals surface area contributed by atoms with Crippen molar-refractivity contribution in [2.24, 2.45) is 0 Å². The average molecular weight is 147 g/mol. The minimum atomic E-state index is -0.284. The van der Waals surface area contributed by atoms with Gasteiger partial charge in [-0.25, -0.2) is 0 Å². The fourth-order valence-corrected chi connectivity index (χ4v) is 1.60. The SMILES string of the molecule is Nc1ccc2c(c1)B(O)CC2. The van der Waals surface area contributed by atoms with Crippen molar-refractivity contribution in [3.05, 3.63) is 23.8 Å². The predicted molar refractivity (Wildman–Crippen MR) is 47.0 cm³/mol. The summed E-state index contributed by atoms with van der Waals surface area (Å²) in [6.07, 6.45) is 1.83. The Morgan fingerprint density at radius 2 is 2.27 bits per heavy atom. The summed E-state index contributed by atoms with van der Waals surface area (Å²) in [6.45, 7) is -0.284. The van der Waals surface area contributed by atoms with E-state index in [0.717, 1.165) is 23.9 Å². The molecule has 3 N–H and O–H groups in total. The molecule has 1 aromatic rings. The fourth-order valence-electron chi connectivity index (χ4n) is 1.60. The highest BCUT2D eigenvalue weighted by Gasteiger charge is 2.24. The zero-order chi connectivity index (χ0) is 7.84. The fraction of sp³-hybridized carbons (Fsp3) is 0.250. The lowest BCUT2D eigenvalue weighted by Gasteiger charge is -2.00. The van der Waals surface area contributed by atoms with Gasteiger partial charge in [0.2, 0.25) is 0 Å². The molecule has 2 rings (SSSR count). The van der Waals surface area contributed by atoms with Crippen LogP contribution in [0.2, 0.25) is 6.32 Å². The zero-order valence-corrected chi connectivity index (χ0v) is 6.25. The van der Waals surface area contributed by atoms with Gasteiger partial charge in [0.05, 0.1) is 0 Å². The molecule has 0 bridgehead atoms. The van der Waals surface area contributed by atoms with Gasteiger partial charge in [0.15, 0.2) is 0 Å². The van der Waals surface area contributed by atoms with Crippen LogP contribution in [0.25, 0.3) is 0 Å². The molecule has 0 saturated carbocycles. The molecule has 1 heterocycles. The monoisotopic (exact) mass is 147 g/mol. The van der Waals surface area contributed by atoms with Gasteiger partial charge in [-0.15, -0.1) is 0 Å². The number of nitrogen functional groups attached to an aromatic ring is 1. The van der Waals surface area contributed by atoms with Gasteiger partial charge in [-0.05, 0) is 30.3 Å². The van der Waals surface area contributed by atoms with E-state index in [0.29, 0.717) is 0 Å². The number of hydrogen-bond donors (Lipinski definition) is 2. The van der Waals surface area contributed by atoms with Crippen LogP contribution >= 0.6 is 0 Å². The van der Waals surface area contributed by atoms with E-state index >= 15 is 0 Å². The van der Waals surface area contributed by atoms with E-state index in [2.05, 4.69) is 0 Å². The largest absolute Gasteiger partial charge is 0.446 e. The van der Waals surface area contributed by atoms with Gasteiger partial charge in [0.1, 0.15) is 0 Å². The van der Waals surface area contributed by atoms with Crippen LogP contribution in [0, 0.1) is 0 Å². The number of benzene rings is 1. The van der Waals surface area contributed by atoms with Crippen molar-refractivity contribution >= 4 is 18.1 Å². The zero-order valence-electron chi connectivity index (χ0n) is 6.25. The Morgan fingerprint density at radius 3 is 3.09 bits per heavy atom. The van der Waals surface area contributed by atoms with Gasteiger partial charge in [-0.2, -0.15) is 0 Å². The second-order valence-corrected chi connectivity index (χ2v) is 3.01. The second kappa shape index (κ2) is 2.27. The third-order valence-electron chi connectivity index (χ3n) is 2.22. The molecule has 0 aromatic heterocycles. The molecule has 0 fully saturated rings. The third-order valence-corrected chi connectivity index (χ3v) is 2.22. The minimum Gasteiger partial charge on any atom is -0.446 e. The molecular weight excluding hydrogens is 137 g/mol. The van der Waals surface area contributed by atoms with E-state index in [4.69, 9.17) is 5.73 Å². The van der Waals surface area contributed by atoms with Crippen LogP contribution in [-0.2, 0) is 6.42 Å². The summed E-state index contributed by atoms with van der Waals surface area (Å²) < 4.78 is 0. The first-order valence-electron chi connectivity index (χ1n) is 3.84. The summed E-state index contributed by atoms with van der Waals surface area (Å²) in [6, 6.07) is 5.75. The molecule has 0 radical (unpaired) electrons. The van der Waals surface area contributed by atoms with E-state index in [1.165, 1.54) is 5.56 Å². The van der Waals surface area contributed by atoms with Gasteiger partial charge in [0, 0.05) is 5.69 Å². The van der Waals surface area contributed by atoms with Crippen LogP contribution in [-0.4, -0.2) is 11.9 Å². The first-order chi connectivity index (χ1) is 5.27. The van der Waals surface area contributed by atoms with E-state index in [-0.39, 0.29) is 6.92 Å². The van der Waals surface area contributed by atoms with Crippen LogP contribution < -0.4 is 11.2 Å². The molecular formula is C8H10BNO. The molecule has 1 aromatic carbocycles. The summed E-state index contributed by atoms with van der Waals surface area (Å²) in [7, 11) is 0. The third kappa shape index (κ3) is 1.01. The van der Waals surface area contributed by atoms with Gasteiger partial charge < -0.3 is 10.8 Å². The number of fused-ring (bicyclic) bond motifs is 1. The van der Waals surface area contributed by atoms with Gasteiger partial charge in [-0.3, -0.25) is 0 Å². The van der Waals surface area contributed by atoms with Crippen LogP contribution in [0.15, 0.2) is 18.2 Å². The Kier molecular flexibility index (Phi) is 1.39. The number of nitrogens with two attached hydrogens (primary N) is 1. The molecule has 0 aliphatic carbocycles. The summed E-state index contributed by atoms with van der Waals surface area (Å²) in [5, 5.41) is 9.45. The van der Waals surface area contributed by atoms with Crippen LogP contribution in [0.4, 0.5) is 5.69 Å². The molecule has 11 heavy (non-hydrogen) atoms. The first kappa shape index (κ1) is 6.74. The first-order valence-corrected chi connectivity index (χ1v) is 3.84. The lowest BCUT2D eigenvalue weighted by atomic mass is 9.63. The molecule has 2 nitrogen and oxygen atoms in total. The average Bonchev–Trinajstić information content (AvgIpc) is 2.33. The van der Waals surface area contributed by atoms with Gasteiger partial charge in [-0.1, -0.05) is 11.6 Å². The van der Waals surface area contributed by atoms with Crippen LogP contribution in [0.5, 0.6) is 0 Å². The van der Waals surface area contributed by atoms with Gasteiger partial charge >= 0.3 is 6.92 Å². The Bertz CT molecular complexity index is 287. The van der Waals surface area contributed by atoms with Crippen molar-refractivity contribution in [2.45, 2.75) is 12.7 Å². The number of rotatable bonds is 0. The molecule has 1 aliphatic heterocycles. The molecule has 3 heteroatoms. The maximum absolute atomic E-state index is 9.45. The number of hydrogen-bond acceptors (Lipinski definition) is 2. The molecule has 0 amide bonds. The predicted octanol–water partition coefficient (Wildman–Crippen LogP) is 0.0157. The maximum atomic E-state index is 9.45. The van der Waals surface area contributed by atoms with Crippen LogP contribution in [0.1, 0.15) is 5.56 Å². The van der Waals surface area contributed by atoms with Crippen molar-refractivity contribution in [1.29, 1.82) is 0 Å². The highest BCUT2D eigenvalue weighted by molar-refractivity contribution is 6.68. The second-order valence-electron chi connectivity index (χ2n) is 3.01. The summed E-state index contributed by atoms with van der Waals surface area (Å²) in [5.74, 6) is 0. The minimum absolute atomic E-state index is 0.284. The summed E-state index contributed by atoms with van der Waals surface area (Å²) in [4.78, 5) is 0. The van der Waals surface area contributed by atoms with E-state index in [1.807, 2.05) is 18.2 Å². The normalized spacial score (nSPS) is 15.2. The molecule has 1 aliphatic rings.